The quantitative estimate of drug-likeness (QED) is 0.303. The molecule has 28 heavy (non-hydrogen) atoms. The van der Waals surface area contributed by atoms with E-state index in [1.807, 2.05) is 0 Å². The van der Waals surface area contributed by atoms with Crippen molar-refractivity contribution in [2.45, 2.75) is 77.6 Å². The molecule has 1 N–H and O–H groups in total. The Morgan fingerprint density at radius 2 is 1.25 bits per heavy atom. The number of hydrogen-bond acceptors (Lipinski definition) is 3. The van der Waals surface area contributed by atoms with Gasteiger partial charge < -0.3 is 13.6 Å². The largest absolute Gasteiger partial charge is 0.498 e. The van der Waals surface area contributed by atoms with Crippen LogP contribution in [0.25, 0.3) is 0 Å². The Hall–Kier alpha value is -1.10. The minimum atomic E-state index is -4.86. The Kier molecular flexibility index (Phi) is 8.55. The fraction of sp³-hybridized carbons (Fsp3) is 0.667. The highest BCUT2D eigenvalue weighted by molar-refractivity contribution is 6.59. The van der Waals surface area contributed by atoms with Gasteiger partial charge in [-0.3, -0.25) is 0 Å². The summed E-state index contributed by atoms with van der Waals surface area (Å²) in [4.78, 5) is 10.5. The molecule has 1 rings (SSSR count). The van der Waals surface area contributed by atoms with E-state index in [9.17, 15) is 31.1 Å². The van der Waals surface area contributed by atoms with Crippen LogP contribution in [0.4, 0.5) is 26.3 Å². The van der Waals surface area contributed by atoms with Crippen LogP contribution in [0.2, 0.25) is 6.04 Å². The molecule has 1 aromatic rings. The molecule has 0 bridgehead atoms. The van der Waals surface area contributed by atoms with Gasteiger partial charge in [-0.05, 0) is 70.7 Å². The van der Waals surface area contributed by atoms with Crippen LogP contribution < -0.4 is 0 Å². The summed E-state index contributed by atoms with van der Waals surface area (Å²) in [5.74, 6) is 0. The first-order chi connectivity index (χ1) is 12.6. The maximum atomic E-state index is 12.9. The maximum Gasteiger partial charge on any atom is 0.498 e. The highest BCUT2D eigenvalue weighted by Gasteiger charge is 2.39. The average Bonchev–Trinajstić information content (AvgIpc) is 2.48. The van der Waals surface area contributed by atoms with Gasteiger partial charge in [0.05, 0.1) is 11.1 Å². The van der Waals surface area contributed by atoms with Gasteiger partial charge in [-0.1, -0.05) is 0 Å². The third-order valence-corrected chi connectivity index (χ3v) is 6.36. The van der Waals surface area contributed by atoms with Crippen molar-refractivity contribution in [3.63, 3.8) is 0 Å². The summed E-state index contributed by atoms with van der Waals surface area (Å²) < 4.78 is 88.4. The highest BCUT2D eigenvalue weighted by Crippen LogP contribution is 2.36. The van der Waals surface area contributed by atoms with Crippen molar-refractivity contribution in [2.75, 3.05) is 0 Å². The summed E-state index contributed by atoms with van der Waals surface area (Å²) in [7, 11) is -3.46. The van der Waals surface area contributed by atoms with Crippen LogP contribution in [0.5, 0.6) is 0 Å². The molecule has 0 saturated carbocycles. The van der Waals surface area contributed by atoms with Gasteiger partial charge in [-0.2, -0.15) is 26.3 Å². The average molecular weight is 432 g/mol. The molecule has 162 valence electrons. The molecule has 0 aliphatic carbocycles. The second-order valence-electron chi connectivity index (χ2n) is 7.17. The van der Waals surface area contributed by atoms with E-state index in [1.54, 1.807) is 27.7 Å². The molecule has 1 aromatic carbocycles. The molecular weight excluding hydrogens is 406 g/mol. The molecule has 0 unspecified atom stereocenters. The molecule has 0 aliphatic rings. The number of rotatable bonds is 9. The van der Waals surface area contributed by atoms with Crippen LogP contribution in [-0.2, 0) is 27.6 Å². The van der Waals surface area contributed by atoms with Gasteiger partial charge in [-0.25, -0.2) is 0 Å². The Morgan fingerprint density at radius 3 is 1.61 bits per heavy atom. The summed E-state index contributed by atoms with van der Waals surface area (Å²) >= 11 is 0. The molecule has 0 heterocycles. The smallest absolute Gasteiger partial charge is 0.390 e. The predicted molar refractivity (Wildman–Crippen MR) is 94.6 cm³/mol. The first kappa shape index (κ1) is 24.9. The van der Waals surface area contributed by atoms with Crippen LogP contribution in [0.15, 0.2) is 18.2 Å². The van der Waals surface area contributed by atoms with E-state index >= 15 is 0 Å². The van der Waals surface area contributed by atoms with Crippen molar-refractivity contribution < 1.29 is 40.0 Å². The molecule has 0 aliphatic heterocycles. The van der Waals surface area contributed by atoms with Gasteiger partial charge in [0.2, 0.25) is 0 Å². The topological polar surface area (TPSA) is 38.7 Å². The van der Waals surface area contributed by atoms with Crippen LogP contribution >= 0.6 is 0 Å². The Balaban J connectivity index is 2.83. The molecule has 0 atom stereocenters. The monoisotopic (exact) mass is 432 g/mol. The molecule has 0 radical (unpaired) electrons. The second kappa shape index (κ2) is 9.60. The lowest BCUT2D eigenvalue weighted by Gasteiger charge is -2.28. The van der Waals surface area contributed by atoms with E-state index in [4.69, 9.17) is 8.85 Å². The second-order valence-corrected chi connectivity index (χ2v) is 9.56. The van der Waals surface area contributed by atoms with E-state index in [0.29, 0.717) is 6.42 Å². The molecule has 0 fully saturated rings. The summed E-state index contributed by atoms with van der Waals surface area (Å²) in [6, 6.07) is 1.75. The fourth-order valence-electron chi connectivity index (χ4n) is 2.72. The highest BCUT2D eigenvalue weighted by atomic mass is 28.4. The minimum Gasteiger partial charge on any atom is -0.390 e. The van der Waals surface area contributed by atoms with E-state index in [2.05, 4.69) is 0 Å². The minimum absolute atomic E-state index is 0.0147. The molecule has 3 nitrogen and oxygen atoms in total. The first-order valence-electron chi connectivity index (χ1n) is 8.99. The normalized spacial score (nSPS) is 13.6. The summed E-state index contributed by atoms with van der Waals surface area (Å²) in [6.07, 6.45) is -9.61. The number of alkyl halides is 6. The lowest BCUT2D eigenvalue weighted by Crippen LogP contribution is -2.46. The Bertz CT molecular complexity index is 586. The number of benzene rings is 1. The van der Waals surface area contributed by atoms with Gasteiger partial charge in [0, 0.05) is 18.3 Å². The molecular formula is C18H26F6O3Si. The van der Waals surface area contributed by atoms with Crippen LogP contribution in [0, 0.1) is 0 Å². The zero-order valence-corrected chi connectivity index (χ0v) is 17.2. The van der Waals surface area contributed by atoms with Gasteiger partial charge >= 0.3 is 21.2 Å². The number of hydrogen-bond donors (Lipinski definition) is 1. The number of unbranched alkanes of at least 4 members (excludes halogenated alkanes) is 1. The van der Waals surface area contributed by atoms with E-state index in [1.165, 1.54) is 0 Å². The predicted octanol–water partition coefficient (Wildman–Crippen LogP) is 5.83. The number of halogens is 6. The van der Waals surface area contributed by atoms with Crippen molar-refractivity contribution in [1.29, 1.82) is 0 Å². The standard InChI is InChI=1S/C18H26F6O3Si/c1-12(2)26-28(25,27-13(3)4)8-6-5-7-14-9-15(17(19,20)21)11-16(10-14)18(22,23)24/h9-13,25H,5-8H2,1-4H3. The van der Waals surface area contributed by atoms with Gasteiger partial charge in [-0.15, -0.1) is 0 Å². The van der Waals surface area contributed by atoms with Crippen LogP contribution in [0.3, 0.4) is 0 Å². The molecule has 0 saturated heterocycles. The number of aryl methyl sites for hydroxylation is 1. The van der Waals surface area contributed by atoms with Crippen LogP contribution in [0.1, 0.15) is 57.2 Å². The lowest BCUT2D eigenvalue weighted by molar-refractivity contribution is -0.143. The lowest BCUT2D eigenvalue weighted by atomic mass is 10.0. The third kappa shape index (κ3) is 8.50. The molecule has 0 spiro atoms. The zero-order valence-electron chi connectivity index (χ0n) is 16.2. The van der Waals surface area contributed by atoms with Crippen molar-refractivity contribution >= 4 is 8.80 Å². The van der Waals surface area contributed by atoms with Crippen molar-refractivity contribution in [1.82, 2.24) is 0 Å². The molecule has 0 amide bonds. The van der Waals surface area contributed by atoms with Gasteiger partial charge in [0.15, 0.2) is 0 Å². The first-order valence-corrected chi connectivity index (χ1v) is 11.0. The van der Waals surface area contributed by atoms with E-state index in [-0.39, 0.29) is 42.7 Å². The van der Waals surface area contributed by atoms with Gasteiger partial charge in [0.25, 0.3) is 0 Å². The molecule has 0 aromatic heterocycles. The maximum absolute atomic E-state index is 12.9. The SMILES string of the molecule is CC(C)O[Si](O)(CCCCc1cc(C(F)(F)F)cc(C(F)(F)F)c1)OC(C)C. The van der Waals surface area contributed by atoms with Crippen molar-refractivity contribution in [2.24, 2.45) is 0 Å². The Labute approximate surface area is 162 Å². The summed E-state index contributed by atoms with van der Waals surface area (Å²) in [6.45, 7) is 6.96. The van der Waals surface area contributed by atoms with E-state index in [0.717, 1.165) is 12.1 Å². The zero-order chi connectivity index (χ0) is 21.8. The van der Waals surface area contributed by atoms with Crippen molar-refractivity contribution in [3.05, 3.63) is 34.9 Å². The fourth-order valence-corrected chi connectivity index (χ4v) is 5.18. The summed E-state index contributed by atoms with van der Waals surface area (Å²) in [5, 5.41) is 0. The third-order valence-electron chi connectivity index (χ3n) is 3.70. The van der Waals surface area contributed by atoms with Crippen molar-refractivity contribution in [3.8, 4) is 0 Å². The van der Waals surface area contributed by atoms with Crippen LogP contribution in [-0.4, -0.2) is 25.8 Å². The molecule has 10 heteroatoms. The van der Waals surface area contributed by atoms with E-state index < -0.39 is 32.3 Å². The summed E-state index contributed by atoms with van der Waals surface area (Å²) in [5.41, 5.74) is -2.70. The van der Waals surface area contributed by atoms with Gasteiger partial charge in [0.1, 0.15) is 0 Å². The Morgan fingerprint density at radius 1 is 0.821 bits per heavy atom.